The van der Waals surface area contributed by atoms with Crippen LogP contribution in [0.3, 0.4) is 0 Å². The second-order valence-corrected chi connectivity index (χ2v) is 4.85. The molecule has 0 aromatic heterocycles. The number of rotatable bonds is 7. The van der Waals surface area contributed by atoms with Crippen LogP contribution in [-0.4, -0.2) is 39.6 Å². The second kappa shape index (κ2) is 5.34. The van der Waals surface area contributed by atoms with Gasteiger partial charge in [-0.15, -0.1) is 0 Å². The van der Waals surface area contributed by atoms with E-state index in [0.717, 1.165) is 12.8 Å². The number of carboxylic acid groups (broad SMARTS) is 2. The monoisotopic (exact) mass is 258 g/mol. The van der Waals surface area contributed by atoms with Gasteiger partial charge in [-0.3, -0.25) is 9.59 Å². The van der Waals surface area contributed by atoms with E-state index in [1.165, 1.54) is 0 Å². The third-order valence-electron chi connectivity index (χ3n) is 3.16. The Kier molecular flexibility index (Phi) is 4.28. The molecule has 5 N–H and O–H groups in total. The molecule has 0 saturated heterocycles. The molecule has 102 valence electrons. The average Bonchev–Trinajstić information content (AvgIpc) is 3.06. The summed E-state index contributed by atoms with van der Waals surface area (Å²) in [5.41, 5.74) is 4.76. The van der Waals surface area contributed by atoms with Gasteiger partial charge in [-0.1, -0.05) is 0 Å². The largest absolute Gasteiger partial charge is 0.481 e. The van der Waals surface area contributed by atoms with Gasteiger partial charge in [-0.05, 0) is 32.1 Å². The number of hydrogen-bond donors (Lipinski definition) is 4. The van der Waals surface area contributed by atoms with Crippen molar-refractivity contribution >= 4 is 17.8 Å². The van der Waals surface area contributed by atoms with Crippen LogP contribution >= 0.6 is 0 Å². The van der Waals surface area contributed by atoms with Crippen molar-refractivity contribution in [2.45, 2.75) is 44.2 Å². The van der Waals surface area contributed by atoms with Crippen LogP contribution < -0.4 is 11.1 Å². The first kappa shape index (κ1) is 14.4. The minimum Gasteiger partial charge on any atom is -0.481 e. The second-order valence-electron chi connectivity index (χ2n) is 4.85. The number of nitrogens with two attached hydrogens (primary N) is 1. The van der Waals surface area contributed by atoms with Gasteiger partial charge in [0.05, 0.1) is 5.54 Å². The number of nitrogens with one attached hydrogen (secondary N) is 1. The SMILES string of the molecule is CC(N)(C(=O)N[C@@H](CCC(=O)O)C(=O)O)C1CC1. The zero-order chi connectivity index (χ0) is 13.9. The zero-order valence-corrected chi connectivity index (χ0v) is 10.2. The average molecular weight is 258 g/mol. The molecule has 0 aliphatic heterocycles. The van der Waals surface area contributed by atoms with Crippen LogP contribution in [0, 0.1) is 5.92 Å². The van der Waals surface area contributed by atoms with Crippen LogP contribution in [0.25, 0.3) is 0 Å². The van der Waals surface area contributed by atoms with E-state index < -0.39 is 29.4 Å². The molecule has 1 fully saturated rings. The lowest BCUT2D eigenvalue weighted by Crippen LogP contribution is -2.57. The molecule has 18 heavy (non-hydrogen) atoms. The van der Waals surface area contributed by atoms with E-state index in [-0.39, 0.29) is 18.8 Å². The molecule has 2 atom stereocenters. The van der Waals surface area contributed by atoms with Crippen molar-refractivity contribution in [1.82, 2.24) is 5.32 Å². The molecule has 1 unspecified atom stereocenters. The topological polar surface area (TPSA) is 130 Å². The van der Waals surface area contributed by atoms with Gasteiger partial charge in [0, 0.05) is 6.42 Å². The lowest BCUT2D eigenvalue weighted by atomic mass is 9.95. The Hall–Kier alpha value is -1.63. The van der Waals surface area contributed by atoms with Crippen LogP contribution in [0.1, 0.15) is 32.6 Å². The Morgan fingerprint density at radius 2 is 1.94 bits per heavy atom. The minimum atomic E-state index is -1.25. The van der Waals surface area contributed by atoms with E-state index in [0.29, 0.717) is 0 Å². The molecule has 0 aromatic rings. The van der Waals surface area contributed by atoms with Crippen molar-refractivity contribution in [1.29, 1.82) is 0 Å². The molecule has 0 radical (unpaired) electrons. The summed E-state index contributed by atoms with van der Waals surface area (Å²) in [6.45, 7) is 1.57. The summed E-state index contributed by atoms with van der Waals surface area (Å²) in [5, 5.41) is 19.7. The standard InChI is InChI=1S/C11H18N2O5/c1-11(12,6-2-3-6)10(18)13-7(9(16)17)4-5-8(14)15/h6-7H,2-5,12H2,1H3,(H,13,18)(H,14,15)(H,16,17)/t7-,11?/m0/s1. The van der Waals surface area contributed by atoms with Crippen molar-refractivity contribution in [3.63, 3.8) is 0 Å². The van der Waals surface area contributed by atoms with E-state index in [9.17, 15) is 14.4 Å². The Bertz CT molecular complexity index is 362. The zero-order valence-electron chi connectivity index (χ0n) is 10.2. The highest BCUT2D eigenvalue weighted by Gasteiger charge is 2.44. The first-order chi connectivity index (χ1) is 8.25. The molecule has 1 aliphatic rings. The van der Waals surface area contributed by atoms with E-state index in [1.807, 2.05) is 0 Å². The Labute approximate surface area is 104 Å². The highest BCUT2D eigenvalue weighted by Crippen LogP contribution is 2.38. The lowest BCUT2D eigenvalue weighted by Gasteiger charge is -2.25. The summed E-state index contributed by atoms with van der Waals surface area (Å²) < 4.78 is 0. The highest BCUT2D eigenvalue weighted by atomic mass is 16.4. The number of amides is 1. The molecule has 7 heteroatoms. The molecule has 0 spiro atoms. The van der Waals surface area contributed by atoms with E-state index in [2.05, 4.69) is 5.32 Å². The molecule has 1 rings (SSSR count). The molecule has 1 amide bonds. The van der Waals surface area contributed by atoms with Gasteiger partial charge >= 0.3 is 11.9 Å². The smallest absolute Gasteiger partial charge is 0.326 e. The highest BCUT2D eigenvalue weighted by molar-refractivity contribution is 5.90. The fourth-order valence-corrected chi connectivity index (χ4v) is 1.71. The molecule has 1 aliphatic carbocycles. The van der Waals surface area contributed by atoms with Gasteiger partial charge in [-0.25, -0.2) is 4.79 Å². The Morgan fingerprint density at radius 1 is 1.39 bits per heavy atom. The molecule has 0 heterocycles. The fraction of sp³-hybridized carbons (Fsp3) is 0.727. The number of hydrogen-bond acceptors (Lipinski definition) is 4. The summed E-state index contributed by atoms with van der Waals surface area (Å²) in [7, 11) is 0. The molecule has 7 nitrogen and oxygen atoms in total. The van der Waals surface area contributed by atoms with Gasteiger partial charge in [0.1, 0.15) is 6.04 Å². The fourth-order valence-electron chi connectivity index (χ4n) is 1.71. The summed E-state index contributed by atoms with van der Waals surface area (Å²) in [5.74, 6) is -2.82. The van der Waals surface area contributed by atoms with Crippen LogP contribution in [0.5, 0.6) is 0 Å². The maximum Gasteiger partial charge on any atom is 0.326 e. The van der Waals surface area contributed by atoms with Crippen molar-refractivity contribution < 1.29 is 24.6 Å². The summed E-state index contributed by atoms with van der Waals surface area (Å²) in [6, 6.07) is -1.21. The van der Waals surface area contributed by atoms with E-state index >= 15 is 0 Å². The van der Waals surface area contributed by atoms with Crippen LogP contribution in [0.2, 0.25) is 0 Å². The maximum absolute atomic E-state index is 11.9. The van der Waals surface area contributed by atoms with Gasteiger partial charge in [0.25, 0.3) is 0 Å². The molecule has 0 bridgehead atoms. The number of carboxylic acids is 2. The molecule has 1 saturated carbocycles. The molecular weight excluding hydrogens is 240 g/mol. The van der Waals surface area contributed by atoms with Crippen LogP contribution in [-0.2, 0) is 14.4 Å². The molecular formula is C11H18N2O5. The lowest BCUT2D eigenvalue weighted by molar-refractivity contribution is -0.144. The third-order valence-corrected chi connectivity index (χ3v) is 3.16. The van der Waals surface area contributed by atoms with Gasteiger partial charge < -0.3 is 21.3 Å². The van der Waals surface area contributed by atoms with Crippen molar-refractivity contribution in [2.75, 3.05) is 0 Å². The summed E-state index contributed by atoms with van der Waals surface area (Å²) in [6.07, 6.45) is 1.24. The number of aliphatic carboxylic acids is 2. The van der Waals surface area contributed by atoms with E-state index in [1.54, 1.807) is 6.92 Å². The predicted octanol–water partition coefficient (Wildman–Crippen LogP) is -0.452. The normalized spacial score (nSPS) is 19.7. The summed E-state index contributed by atoms with van der Waals surface area (Å²) in [4.78, 5) is 33.2. The quantitative estimate of drug-likeness (QED) is 0.489. The number of carbonyl (C=O) groups excluding carboxylic acids is 1. The number of carbonyl (C=O) groups is 3. The van der Waals surface area contributed by atoms with Crippen molar-refractivity contribution in [3.8, 4) is 0 Å². The molecule has 0 aromatic carbocycles. The maximum atomic E-state index is 11.9. The van der Waals surface area contributed by atoms with Crippen molar-refractivity contribution in [2.24, 2.45) is 11.7 Å². The van der Waals surface area contributed by atoms with Crippen LogP contribution in [0.15, 0.2) is 0 Å². The Morgan fingerprint density at radius 3 is 2.33 bits per heavy atom. The minimum absolute atomic E-state index is 0.0754. The first-order valence-electron chi connectivity index (χ1n) is 5.79. The van der Waals surface area contributed by atoms with E-state index in [4.69, 9.17) is 15.9 Å². The third kappa shape index (κ3) is 3.69. The summed E-state index contributed by atoms with van der Waals surface area (Å²) >= 11 is 0. The Balaban J connectivity index is 2.57. The predicted molar refractivity (Wildman–Crippen MR) is 61.8 cm³/mol. The van der Waals surface area contributed by atoms with Gasteiger partial charge in [0.15, 0.2) is 0 Å². The first-order valence-corrected chi connectivity index (χ1v) is 5.79. The van der Waals surface area contributed by atoms with Gasteiger partial charge in [-0.2, -0.15) is 0 Å². The van der Waals surface area contributed by atoms with Crippen molar-refractivity contribution in [3.05, 3.63) is 0 Å². The van der Waals surface area contributed by atoms with Crippen LogP contribution in [0.4, 0.5) is 0 Å². The van der Waals surface area contributed by atoms with Gasteiger partial charge in [0.2, 0.25) is 5.91 Å².